The maximum absolute atomic E-state index is 4.55. The van der Waals surface area contributed by atoms with Gasteiger partial charge in [-0.05, 0) is 18.2 Å². The highest BCUT2D eigenvalue weighted by Crippen LogP contribution is 2.32. The zero-order valence-corrected chi connectivity index (χ0v) is 10.2. The van der Waals surface area contributed by atoms with Gasteiger partial charge in [0.05, 0.1) is 5.52 Å². The third kappa shape index (κ3) is 1.36. The molecule has 3 heterocycles. The lowest BCUT2D eigenvalue weighted by molar-refractivity contribution is 1.31. The number of benzene rings is 1. The van der Waals surface area contributed by atoms with Crippen molar-refractivity contribution in [2.24, 2.45) is 0 Å². The van der Waals surface area contributed by atoms with E-state index >= 15 is 0 Å². The van der Waals surface area contributed by atoms with Gasteiger partial charge in [0.2, 0.25) is 0 Å². The molecule has 1 aromatic carbocycles. The van der Waals surface area contributed by atoms with E-state index in [0.29, 0.717) is 0 Å². The molecule has 0 bridgehead atoms. The van der Waals surface area contributed by atoms with Crippen molar-refractivity contribution < 1.29 is 0 Å². The van der Waals surface area contributed by atoms with Crippen LogP contribution in [0.25, 0.3) is 32.6 Å². The van der Waals surface area contributed by atoms with Gasteiger partial charge >= 0.3 is 0 Å². The summed E-state index contributed by atoms with van der Waals surface area (Å²) in [5, 5.41) is 3.38. The average molecular weight is 251 g/mol. The fourth-order valence-corrected chi connectivity index (χ4v) is 3.08. The first-order valence-corrected chi connectivity index (χ1v) is 6.57. The minimum absolute atomic E-state index is 0.766. The van der Waals surface area contributed by atoms with Gasteiger partial charge in [0.25, 0.3) is 0 Å². The molecule has 0 saturated heterocycles. The summed E-state index contributed by atoms with van der Waals surface area (Å²) in [4.78, 5) is 12.1. The molecular formula is C14H9N3S. The molecule has 0 atom stereocenters. The molecule has 0 aliphatic rings. The number of thiophene rings is 1. The molecule has 0 amide bonds. The van der Waals surface area contributed by atoms with Crippen LogP contribution in [0.15, 0.2) is 48.0 Å². The Morgan fingerprint density at radius 2 is 2.00 bits per heavy atom. The largest absolute Gasteiger partial charge is 0.337 e. The molecule has 0 saturated carbocycles. The van der Waals surface area contributed by atoms with Crippen LogP contribution >= 0.6 is 11.3 Å². The molecule has 0 aliphatic heterocycles. The first kappa shape index (κ1) is 9.79. The van der Waals surface area contributed by atoms with Crippen molar-refractivity contribution in [2.45, 2.75) is 0 Å². The van der Waals surface area contributed by atoms with Crippen LogP contribution in [-0.2, 0) is 0 Å². The zero-order valence-electron chi connectivity index (χ0n) is 9.42. The molecule has 0 fully saturated rings. The van der Waals surface area contributed by atoms with Crippen molar-refractivity contribution in [3.8, 4) is 11.4 Å². The lowest BCUT2D eigenvalue weighted by atomic mass is 10.2. The lowest BCUT2D eigenvalue weighted by Crippen LogP contribution is -1.77. The number of imidazole rings is 1. The van der Waals surface area contributed by atoms with Crippen LogP contribution < -0.4 is 0 Å². The highest BCUT2D eigenvalue weighted by molar-refractivity contribution is 7.17. The second kappa shape index (κ2) is 3.65. The van der Waals surface area contributed by atoms with Crippen molar-refractivity contribution in [3.63, 3.8) is 0 Å². The third-order valence-electron chi connectivity index (χ3n) is 2.99. The lowest BCUT2D eigenvalue weighted by Gasteiger charge is -1.93. The molecule has 86 valence electrons. The first-order chi connectivity index (χ1) is 8.92. The van der Waals surface area contributed by atoms with Crippen molar-refractivity contribution in [1.82, 2.24) is 15.0 Å². The van der Waals surface area contributed by atoms with E-state index in [4.69, 9.17) is 0 Å². The smallest absolute Gasteiger partial charge is 0.178 e. The summed E-state index contributed by atoms with van der Waals surface area (Å²) in [6.07, 6.45) is 1.76. The molecule has 4 heteroatoms. The minimum Gasteiger partial charge on any atom is -0.337 e. The highest BCUT2D eigenvalue weighted by Gasteiger charge is 2.10. The number of rotatable bonds is 1. The van der Waals surface area contributed by atoms with Crippen LogP contribution in [0.3, 0.4) is 0 Å². The summed E-state index contributed by atoms with van der Waals surface area (Å²) >= 11 is 1.74. The monoisotopic (exact) mass is 251 g/mol. The fraction of sp³-hybridized carbons (Fsp3) is 0. The number of hydrogen-bond acceptors (Lipinski definition) is 3. The van der Waals surface area contributed by atoms with Crippen LogP contribution in [0, 0.1) is 0 Å². The maximum atomic E-state index is 4.55. The predicted octanol–water partition coefficient (Wildman–Crippen LogP) is 3.84. The maximum Gasteiger partial charge on any atom is 0.178 e. The molecule has 4 rings (SSSR count). The highest BCUT2D eigenvalue weighted by atomic mass is 32.1. The number of pyridine rings is 1. The summed E-state index contributed by atoms with van der Waals surface area (Å²) in [7, 11) is 0. The molecule has 18 heavy (non-hydrogen) atoms. The summed E-state index contributed by atoms with van der Waals surface area (Å²) in [6.45, 7) is 0. The van der Waals surface area contributed by atoms with E-state index < -0.39 is 0 Å². The Labute approximate surface area is 107 Å². The summed E-state index contributed by atoms with van der Waals surface area (Å²) < 4.78 is 1.28. The number of nitrogens with one attached hydrogen (secondary N) is 1. The molecular weight excluding hydrogens is 242 g/mol. The quantitative estimate of drug-likeness (QED) is 0.558. The molecule has 0 spiro atoms. The van der Waals surface area contributed by atoms with Gasteiger partial charge in [-0.1, -0.05) is 18.2 Å². The third-order valence-corrected chi connectivity index (χ3v) is 3.96. The predicted molar refractivity (Wildman–Crippen MR) is 74.7 cm³/mol. The van der Waals surface area contributed by atoms with Crippen LogP contribution in [0.4, 0.5) is 0 Å². The number of aromatic nitrogens is 3. The molecule has 0 radical (unpaired) electrons. The van der Waals surface area contributed by atoms with E-state index in [2.05, 4.69) is 44.6 Å². The Hall–Kier alpha value is -2.20. The van der Waals surface area contributed by atoms with Crippen LogP contribution in [0.2, 0.25) is 0 Å². The Balaban J connectivity index is 2.01. The van der Waals surface area contributed by atoms with E-state index in [1.165, 1.54) is 10.1 Å². The van der Waals surface area contributed by atoms with E-state index in [9.17, 15) is 0 Å². The first-order valence-electron chi connectivity index (χ1n) is 5.69. The minimum atomic E-state index is 0.766. The number of nitrogens with zero attached hydrogens (tertiary/aromatic N) is 2. The van der Waals surface area contributed by atoms with Crippen LogP contribution in [0.1, 0.15) is 0 Å². The number of fused-ring (bicyclic) bond motifs is 2. The molecule has 4 aromatic rings. The van der Waals surface area contributed by atoms with Crippen LogP contribution in [0.5, 0.6) is 0 Å². The summed E-state index contributed by atoms with van der Waals surface area (Å²) in [5.41, 5.74) is 2.89. The van der Waals surface area contributed by atoms with Crippen molar-refractivity contribution >= 4 is 32.6 Å². The molecule has 0 aliphatic carbocycles. The van der Waals surface area contributed by atoms with Gasteiger partial charge in [-0.25, -0.2) is 9.97 Å². The molecule has 3 nitrogen and oxygen atoms in total. The zero-order chi connectivity index (χ0) is 11.9. The van der Waals surface area contributed by atoms with Gasteiger partial charge in [0.1, 0.15) is 5.82 Å². The average Bonchev–Trinajstić information content (AvgIpc) is 3.02. The van der Waals surface area contributed by atoms with E-state index in [-0.39, 0.29) is 0 Å². The van der Waals surface area contributed by atoms with Gasteiger partial charge < -0.3 is 4.98 Å². The normalized spacial score (nSPS) is 11.3. The standard InChI is InChI=1S/C14H9N3S/c1-2-6-12-9(4-1)10(8-18-12)13-16-11-5-3-7-15-14(11)17-13/h1-8H,(H,15,16,17). The Bertz CT molecular complexity index is 811. The number of H-pyrrole nitrogens is 1. The topological polar surface area (TPSA) is 41.6 Å². The Kier molecular flexibility index (Phi) is 1.98. The fourth-order valence-electron chi connectivity index (χ4n) is 2.13. The van der Waals surface area contributed by atoms with Gasteiger partial charge in [-0.3, -0.25) is 0 Å². The SMILES string of the molecule is c1cnc2nc(-c3csc4ccccc34)[nH]c2c1. The van der Waals surface area contributed by atoms with Gasteiger partial charge in [-0.15, -0.1) is 11.3 Å². The molecule has 3 aromatic heterocycles. The van der Waals surface area contributed by atoms with Crippen molar-refractivity contribution in [1.29, 1.82) is 0 Å². The summed E-state index contributed by atoms with van der Waals surface area (Å²) in [5.74, 6) is 0.890. The second-order valence-corrected chi connectivity index (χ2v) is 5.02. The number of aromatic amines is 1. The number of hydrogen-bond donors (Lipinski definition) is 1. The van der Waals surface area contributed by atoms with Gasteiger partial charge in [-0.2, -0.15) is 0 Å². The van der Waals surface area contributed by atoms with Gasteiger partial charge in [0, 0.05) is 27.2 Å². The Morgan fingerprint density at radius 1 is 1.06 bits per heavy atom. The van der Waals surface area contributed by atoms with E-state index in [1.54, 1.807) is 17.5 Å². The Morgan fingerprint density at radius 3 is 2.94 bits per heavy atom. The van der Waals surface area contributed by atoms with Crippen molar-refractivity contribution in [3.05, 3.63) is 48.0 Å². The summed E-state index contributed by atoms with van der Waals surface area (Å²) in [6, 6.07) is 12.3. The van der Waals surface area contributed by atoms with E-state index in [1.807, 2.05) is 12.1 Å². The molecule has 1 N–H and O–H groups in total. The second-order valence-electron chi connectivity index (χ2n) is 4.11. The van der Waals surface area contributed by atoms with Gasteiger partial charge in [0.15, 0.2) is 5.65 Å². The van der Waals surface area contributed by atoms with Crippen molar-refractivity contribution in [2.75, 3.05) is 0 Å². The van der Waals surface area contributed by atoms with E-state index in [0.717, 1.165) is 22.6 Å². The van der Waals surface area contributed by atoms with Crippen LogP contribution in [-0.4, -0.2) is 15.0 Å². The molecule has 0 unspecified atom stereocenters.